The van der Waals surface area contributed by atoms with Crippen molar-refractivity contribution in [2.45, 2.75) is 6.92 Å². The Morgan fingerprint density at radius 2 is 1.86 bits per heavy atom. The van der Waals surface area contributed by atoms with E-state index in [0.29, 0.717) is 5.69 Å². The smallest absolute Gasteiger partial charge is 0.339 e. The second-order valence-corrected chi connectivity index (χ2v) is 5.47. The number of carbonyl (C=O) groups excluding carboxylic acids is 2. The second-order valence-electron chi connectivity index (χ2n) is 4.61. The third kappa shape index (κ3) is 4.39. The van der Waals surface area contributed by atoms with E-state index in [2.05, 4.69) is 21.2 Å². The van der Waals surface area contributed by atoms with Crippen molar-refractivity contribution in [3.8, 4) is 0 Å². The molecule has 0 fully saturated rings. The highest BCUT2D eigenvalue weighted by Crippen LogP contribution is 2.19. The predicted molar refractivity (Wildman–Crippen MR) is 84.2 cm³/mol. The fraction of sp³-hybridized carbons (Fsp3) is 0.125. The normalized spacial score (nSPS) is 10.1. The van der Waals surface area contributed by atoms with Crippen LogP contribution in [0.1, 0.15) is 15.9 Å². The van der Waals surface area contributed by atoms with Crippen molar-refractivity contribution < 1.29 is 18.7 Å². The van der Waals surface area contributed by atoms with Gasteiger partial charge in [0.2, 0.25) is 0 Å². The first-order valence-electron chi connectivity index (χ1n) is 6.44. The Balaban J connectivity index is 1.90. The van der Waals surface area contributed by atoms with Gasteiger partial charge in [0, 0.05) is 10.2 Å². The number of rotatable bonds is 4. The summed E-state index contributed by atoms with van der Waals surface area (Å²) >= 11 is 3.07. The van der Waals surface area contributed by atoms with Gasteiger partial charge in [0.1, 0.15) is 5.82 Å². The van der Waals surface area contributed by atoms with E-state index in [0.717, 1.165) is 17.7 Å². The Morgan fingerprint density at radius 1 is 1.18 bits per heavy atom. The number of esters is 1. The standard InChI is InChI=1S/C16H13BrFNO3/c1-10-2-5-12(6-3-10)19-15(20)9-22-16(21)13-7-4-11(18)8-14(13)17/h2-8H,9H2,1H3,(H,19,20). The van der Waals surface area contributed by atoms with E-state index in [1.807, 2.05) is 19.1 Å². The largest absolute Gasteiger partial charge is 0.452 e. The molecule has 2 aromatic carbocycles. The van der Waals surface area contributed by atoms with E-state index in [-0.39, 0.29) is 10.0 Å². The van der Waals surface area contributed by atoms with Gasteiger partial charge < -0.3 is 10.1 Å². The van der Waals surface area contributed by atoms with Gasteiger partial charge in [-0.3, -0.25) is 4.79 Å². The number of nitrogens with one attached hydrogen (secondary N) is 1. The van der Waals surface area contributed by atoms with Gasteiger partial charge in [0.25, 0.3) is 5.91 Å². The molecule has 2 aromatic rings. The minimum absolute atomic E-state index is 0.157. The quantitative estimate of drug-likeness (QED) is 0.840. The maximum absolute atomic E-state index is 12.9. The molecule has 114 valence electrons. The van der Waals surface area contributed by atoms with Crippen LogP contribution in [0.4, 0.5) is 10.1 Å². The molecule has 0 radical (unpaired) electrons. The molecule has 22 heavy (non-hydrogen) atoms. The van der Waals surface area contributed by atoms with Gasteiger partial charge in [-0.1, -0.05) is 17.7 Å². The number of hydrogen-bond donors (Lipinski definition) is 1. The molecule has 0 spiro atoms. The van der Waals surface area contributed by atoms with E-state index in [1.54, 1.807) is 12.1 Å². The van der Waals surface area contributed by atoms with Crippen molar-refractivity contribution in [1.29, 1.82) is 0 Å². The summed E-state index contributed by atoms with van der Waals surface area (Å²) in [5.41, 5.74) is 1.85. The fourth-order valence-corrected chi connectivity index (χ4v) is 2.21. The van der Waals surface area contributed by atoms with Gasteiger partial charge in [-0.05, 0) is 53.2 Å². The van der Waals surface area contributed by atoms with E-state index < -0.39 is 24.3 Å². The molecule has 0 saturated heterocycles. The Morgan fingerprint density at radius 3 is 2.50 bits per heavy atom. The molecular formula is C16H13BrFNO3. The van der Waals surface area contributed by atoms with Gasteiger partial charge in [-0.15, -0.1) is 0 Å². The molecular weight excluding hydrogens is 353 g/mol. The molecule has 0 aliphatic heterocycles. The van der Waals surface area contributed by atoms with E-state index >= 15 is 0 Å². The summed E-state index contributed by atoms with van der Waals surface area (Å²) < 4.78 is 18.1. The molecule has 1 N–H and O–H groups in total. The third-order valence-electron chi connectivity index (χ3n) is 2.82. The highest BCUT2D eigenvalue weighted by molar-refractivity contribution is 9.10. The summed E-state index contributed by atoms with van der Waals surface area (Å²) in [4.78, 5) is 23.5. The first-order valence-corrected chi connectivity index (χ1v) is 7.23. The summed E-state index contributed by atoms with van der Waals surface area (Å²) in [6.07, 6.45) is 0. The Hall–Kier alpha value is -2.21. The number of ether oxygens (including phenoxy) is 1. The van der Waals surface area contributed by atoms with Gasteiger partial charge >= 0.3 is 5.97 Å². The summed E-state index contributed by atoms with van der Waals surface area (Å²) in [5, 5.41) is 2.61. The Kier molecular flexibility index (Phi) is 5.27. The molecule has 0 aliphatic carbocycles. The summed E-state index contributed by atoms with van der Waals surface area (Å²) in [6, 6.07) is 10.8. The lowest BCUT2D eigenvalue weighted by Gasteiger charge is -2.08. The van der Waals surface area contributed by atoms with E-state index in [1.165, 1.54) is 6.07 Å². The third-order valence-corrected chi connectivity index (χ3v) is 3.48. The zero-order chi connectivity index (χ0) is 16.1. The zero-order valence-corrected chi connectivity index (χ0v) is 13.3. The fourth-order valence-electron chi connectivity index (χ4n) is 1.70. The average Bonchev–Trinajstić information content (AvgIpc) is 2.47. The molecule has 2 rings (SSSR count). The molecule has 0 aromatic heterocycles. The molecule has 6 heteroatoms. The number of hydrogen-bond acceptors (Lipinski definition) is 3. The highest BCUT2D eigenvalue weighted by atomic mass is 79.9. The van der Waals surface area contributed by atoms with Crippen molar-refractivity contribution in [2.24, 2.45) is 0 Å². The van der Waals surface area contributed by atoms with Crippen LogP contribution in [0, 0.1) is 12.7 Å². The van der Waals surface area contributed by atoms with Crippen molar-refractivity contribution >= 4 is 33.5 Å². The summed E-state index contributed by atoms with van der Waals surface area (Å²) in [6.45, 7) is 1.52. The van der Waals surface area contributed by atoms with Crippen LogP contribution in [0.15, 0.2) is 46.9 Å². The molecule has 0 heterocycles. The van der Waals surface area contributed by atoms with Gasteiger partial charge in [0.15, 0.2) is 6.61 Å². The molecule has 1 amide bonds. The number of halogens is 2. The number of amides is 1. The molecule has 0 saturated carbocycles. The molecule has 0 unspecified atom stereocenters. The lowest BCUT2D eigenvalue weighted by atomic mass is 10.2. The lowest BCUT2D eigenvalue weighted by molar-refractivity contribution is -0.119. The second kappa shape index (κ2) is 7.17. The first kappa shape index (κ1) is 16.2. The highest BCUT2D eigenvalue weighted by Gasteiger charge is 2.14. The zero-order valence-electron chi connectivity index (χ0n) is 11.7. The molecule has 4 nitrogen and oxygen atoms in total. The van der Waals surface area contributed by atoms with E-state index in [9.17, 15) is 14.0 Å². The summed E-state index contributed by atoms with van der Waals surface area (Å²) in [5.74, 6) is -1.62. The van der Waals surface area contributed by atoms with Crippen molar-refractivity contribution in [1.82, 2.24) is 0 Å². The Labute approximate surface area is 135 Å². The van der Waals surface area contributed by atoms with Crippen LogP contribution in [-0.4, -0.2) is 18.5 Å². The van der Waals surface area contributed by atoms with Gasteiger partial charge in [0.05, 0.1) is 5.56 Å². The maximum atomic E-state index is 12.9. The number of aryl methyl sites for hydroxylation is 1. The minimum Gasteiger partial charge on any atom is -0.452 e. The van der Waals surface area contributed by atoms with Gasteiger partial charge in [-0.25, -0.2) is 9.18 Å². The maximum Gasteiger partial charge on any atom is 0.339 e. The lowest BCUT2D eigenvalue weighted by Crippen LogP contribution is -2.21. The minimum atomic E-state index is -0.703. The average molecular weight is 366 g/mol. The first-order chi connectivity index (χ1) is 10.5. The van der Waals surface area contributed by atoms with Crippen LogP contribution < -0.4 is 5.32 Å². The molecule has 0 bridgehead atoms. The summed E-state index contributed by atoms with van der Waals surface area (Å²) in [7, 11) is 0. The van der Waals surface area contributed by atoms with Crippen LogP contribution in [-0.2, 0) is 9.53 Å². The number of benzene rings is 2. The van der Waals surface area contributed by atoms with Crippen LogP contribution in [0.2, 0.25) is 0 Å². The van der Waals surface area contributed by atoms with Crippen LogP contribution >= 0.6 is 15.9 Å². The molecule has 0 atom stereocenters. The Bertz CT molecular complexity index is 701. The number of anilines is 1. The molecule has 0 aliphatic rings. The van der Waals surface area contributed by atoms with Crippen molar-refractivity contribution in [2.75, 3.05) is 11.9 Å². The van der Waals surface area contributed by atoms with Gasteiger partial charge in [-0.2, -0.15) is 0 Å². The predicted octanol–water partition coefficient (Wildman–Crippen LogP) is 3.69. The monoisotopic (exact) mass is 365 g/mol. The van der Waals surface area contributed by atoms with Crippen LogP contribution in [0.25, 0.3) is 0 Å². The van der Waals surface area contributed by atoms with E-state index in [4.69, 9.17) is 4.74 Å². The topological polar surface area (TPSA) is 55.4 Å². The van der Waals surface area contributed by atoms with Crippen LogP contribution in [0.3, 0.4) is 0 Å². The van der Waals surface area contributed by atoms with Crippen molar-refractivity contribution in [3.63, 3.8) is 0 Å². The SMILES string of the molecule is Cc1ccc(NC(=O)COC(=O)c2ccc(F)cc2Br)cc1. The van der Waals surface area contributed by atoms with Crippen molar-refractivity contribution in [3.05, 3.63) is 63.9 Å². The number of carbonyl (C=O) groups is 2. The van der Waals surface area contributed by atoms with Crippen LogP contribution in [0.5, 0.6) is 0 Å².